The summed E-state index contributed by atoms with van der Waals surface area (Å²) >= 11 is 0. The van der Waals surface area contributed by atoms with E-state index in [0.717, 1.165) is 57.2 Å². The molecule has 3 fully saturated rings. The molecule has 3 rings (SSSR count). The van der Waals surface area contributed by atoms with Crippen LogP contribution < -0.4 is 37.6 Å². The van der Waals surface area contributed by atoms with Gasteiger partial charge in [-0.3, -0.25) is 10.6 Å². The molecule has 3 aliphatic rings. The second kappa shape index (κ2) is 9.85. The van der Waals surface area contributed by atoms with Gasteiger partial charge < -0.3 is 27.0 Å². The predicted octanol–water partition coefficient (Wildman–Crippen LogP) is -0.417. The highest BCUT2D eigenvalue weighted by Gasteiger charge is 2.33. The van der Waals surface area contributed by atoms with Crippen molar-refractivity contribution in [3.05, 3.63) is 0 Å². The normalized spacial score (nSPS) is 37.6. The average molecular weight is 368 g/mol. The Kier molecular flexibility index (Phi) is 7.51. The lowest BCUT2D eigenvalue weighted by Crippen LogP contribution is -2.68. The van der Waals surface area contributed by atoms with Gasteiger partial charge in [0.05, 0.1) is 6.17 Å². The zero-order valence-corrected chi connectivity index (χ0v) is 16.0. The molecule has 8 nitrogen and oxygen atoms in total. The molecule has 6 unspecified atom stereocenters. The van der Waals surface area contributed by atoms with Gasteiger partial charge in [-0.25, -0.2) is 4.79 Å². The van der Waals surface area contributed by atoms with Crippen molar-refractivity contribution in [2.24, 2.45) is 17.6 Å². The standard InChI is InChI=1S/C18H37N7O/c1-12-9-16(21-7-2-6-19)24-17(22-12)25-18(26)23-15-4-3-14-11-20-8-5-13(14)10-15/h12-17,20-22,24H,2-11,19H2,1H3,(H2,23,25,26). The molecule has 8 heteroatoms. The molecule has 0 aromatic heterocycles. The van der Waals surface area contributed by atoms with Crippen LogP contribution in [0.4, 0.5) is 4.79 Å². The first-order valence-electron chi connectivity index (χ1n) is 10.4. The monoisotopic (exact) mass is 367 g/mol. The number of carbonyl (C=O) groups is 1. The molecule has 1 aliphatic carbocycles. The summed E-state index contributed by atoms with van der Waals surface area (Å²) in [6.45, 7) is 5.99. The molecule has 6 atom stereocenters. The highest BCUT2D eigenvalue weighted by molar-refractivity contribution is 5.74. The minimum atomic E-state index is -0.218. The molecular weight excluding hydrogens is 330 g/mol. The minimum Gasteiger partial charge on any atom is -0.335 e. The molecule has 0 spiro atoms. The fourth-order valence-corrected chi connectivity index (χ4v) is 4.64. The number of piperidine rings is 1. The van der Waals surface area contributed by atoms with Crippen molar-refractivity contribution in [1.29, 1.82) is 0 Å². The Labute approximate surface area is 157 Å². The van der Waals surface area contributed by atoms with Gasteiger partial charge in [0, 0.05) is 12.1 Å². The van der Waals surface area contributed by atoms with E-state index in [1.54, 1.807) is 0 Å². The van der Waals surface area contributed by atoms with Crippen LogP contribution in [0.25, 0.3) is 0 Å². The molecule has 0 aromatic rings. The highest BCUT2D eigenvalue weighted by Crippen LogP contribution is 2.33. The SMILES string of the molecule is CC1CC(NCCCN)NC(NC(=O)NC2CCC3CNCCC3C2)N1. The lowest BCUT2D eigenvalue weighted by Gasteiger charge is -2.40. The summed E-state index contributed by atoms with van der Waals surface area (Å²) in [5.41, 5.74) is 5.55. The second-order valence-corrected chi connectivity index (χ2v) is 8.19. The van der Waals surface area contributed by atoms with Gasteiger partial charge in [-0.2, -0.15) is 0 Å². The van der Waals surface area contributed by atoms with Gasteiger partial charge in [-0.15, -0.1) is 0 Å². The Morgan fingerprint density at radius 2 is 2.00 bits per heavy atom. The quantitative estimate of drug-likeness (QED) is 0.321. The fraction of sp³-hybridized carbons (Fsp3) is 0.944. The van der Waals surface area contributed by atoms with Crippen LogP contribution in [-0.2, 0) is 0 Å². The third-order valence-corrected chi connectivity index (χ3v) is 6.03. The van der Waals surface area contributed by atoms with E-state index < -0.39 is 0 Å². The topological polar surface area (TPSA) is 115 Å². The third-order valence-electron chi connectivity index (χ3n) is 6.03. The maximum atomic E-state index is 12.5. The second-order valence-electron chi connectivity index (χ2n) is 8.19. The van der Waals surface area contributed by atoms with Gasteiger partial charge >= 0.3 is 6.03 Å². The summed E-state index contributed by atoms with van der Waals surface area (Å²) in [4.78, 5) is 12.5. The third kappa shape index (κ3) is 5.79. The molecule has 8 N–H and O–H groups in total. The summed E-state index contributed by atoms with van der Waals surface area (Å²) < 4.78 is 0. The van der Waals surface area contributed by atoms with Crippen LogP contribution in [-0.4, -0.2) is 56.7 Å². The molecule has 1 saturated carbocycles. The smallest absolute Gasteiger partial charge is 0.317 e. The highest BCUT2D eigenvalue weighted by atomic mass is 16.2. The van der Waals surface area contributed by atoms with Crippen LogP contribution in [0.3, 0.4) is 0 Å². The summed E-state index contributed by atoms with van der Waals surface area (Å²) in [6.07, 6.45) is 6.56. The Morgan fingerprint density at radius 3 is 2.85 bits per heavy atom. The number of nitrogens with two attached hydrogens (primary N) is 1. The van der Waals surface area contributed by atoms with Crippen LogP contribution >= 0.6 is 0 Å². The van der Waals surface area contributed by atoms with Crippen LogP contribution in [0.1, 0.15) is 45.4 Å². The average Bonchev–Trinajstić information content (AvgIpc) is 2.61. The van der Waals surface area contributed by atoms with Crippen LogP contribution in [0, 0.1) is 11.8 Å². The summed E-state index contributed by atoms with van der Waals surface area (Å²) in [5, 5.41) is 20.0. The van der Waals surface area contributed by atoms with E-state index in [-0.39, 0.29) is 18.5 Å². The molecule has 2 amide bonds. The molecule has 26 heavy (non-hydrogen) atoms. The Hall–Kier alpha value is -0.930. The zero-order chi connectivity index (χ0) is 18.4. The van der Waals surface area contributed by atoms with Crippen molar-refractivity contribution in [3.8, 4) is 0 Å². The molecule has 150 valence electrons. The van der Waals surface area contributed by atoms with Gasteiger partial charge in [0.25, 0.3) is 0 Å². The van der Waals surface area contributed by atoms with E-state index in [4.69, 9.17) is 5.73 Å². The molecule has 0 bridgehead atoms. The van der Waals surface area contributed by atoms with Gasteiger partial charge in [-0.1, -0.05) is 0 Å². The van der Waals surface area contributed by atoms with E-state index in [1.165, 1.54) is 12.8 Å². The maximum absolute atomic E-state index is 12.5. The maximum Gasteiger partial charge on any atom is 0.317 e. The van der Waals surface area contributed by atoms with Crippen molar-refractivity contribution in [2.45, 2.75) is 70.0 Å². The van der Waals surface area contributed by atoms with Crippen LogP contribution in [0.5, 0.6) is 0 Å². The molecular formula is C18H37N7O. The number of urea groups is 1. The van der Waals surface area contributed by atoms with Crippen LogP contribution in [0.15, 0.2) is 0 Å². The number of fused-ring (bicyclic) bond motifs is 1. The van der Waals surface area contributed by atoms with Gasteiger partial charge in [0.15, 0.2) is 0 Å². The Balaban J connectivity index is 1.40. The molecule has 0 radical (unpaired) electrons. The zero-order valence-electron chi connectivity index (χ0n) is 16.0. The summed E-state index contributed by atoms with van der Waals surface area (Å²) in [7, 11) is 0. The molecule has 0 aromatic carbocycles. The number of nitrogens with one attached hydrogen (secondary N) is 6. The van der Waals surface area contributed by atoms with Gasteiger partial charge in [-0.05, 0) is 83.5 Å². The van der Waals surface area contributed by atoms with E-state index in [9.17, 15) is 4.79 Å². The van der Waals surface area contributed by atoms with Crippen molar-refractivity contribution < 1.29 is 4.79 Å². The first kappa shape index (κ1) is 19.8. The molecule has 2 saturated heterocycles. The number of hydrogen-bond donors (Lipinski definition) is 7. The minimum absolute atomic E-state index is 0.0813. The van der Waals surface area contributed by atoms with Crippen molar-refractivity contribution >= 4 is 6.03 Å². The number of hydrogen-bond acceptors (Lipinski definition) is 6. The van der Waals surface area contributed by atoms with Crippen molar-refractivity contribution in [2.75, 3.05) is 26.2 Å². The van der Waals surface area contributed by atoms with E-state index >= 15 is 0 Å². The first-order valence-corrected chi connectivity index (χ1v) is 10.4. The van der Waals surface area contributed by atoms with Gasteiger partial charge in [0.2, 0.25) is 0 Å². The molecule has 2 heterocycles. The van der Waals surface area contributed by atoms with Gasteiger partial charge in [0.1, 0.15) is 6.29 Å². The van der Waals surface area contributed by atoms with E-state index in [1.807, 2.05) is 0 Å². The van der Waals surface area contributed by atoms with E-state index in [2.05, 4.69) is 38.8 Å². The van der Waals surface area contributed by atoms with Crippen LogP contribution in [0.2, 0.25) is 0 Å². The summed E-state index contributed by atoms with van der Waals surface area (Å²) in [5.74, 6) is 1.56. The largest absolute Gasteiger partial charge is 0.335 e. The lowest BCUT2D eigenvalue weighted by atomic mass is 9.73. The van der Waals surface area contributed by atoms with Crippen molar-refractivity contribution in [3.63, 3.8) is 0 Å². The van der Waals surface area contributed by atoms with Crippen molar-refractivity contribution in [1.82, 2.24) is 31.9 Å². The van der Waals surface area contributed by atoms with E-state index in [0.29, 0.717) is 18.6 Å². The Morgan fingerprint density at radius 1 is 1.12 bits per heavy atom. The Bertz CT molecular complexity index is 449. The number of amides is 2. The number of carbonyl (C=O) groups excluding carboxylic acids is 1. The predicted molar refractivity (Wildman–Crippen MR) is 103 cm³/mol. The fourth-order valence-electron chi connectivity index (χ4n) is 4.64. The lowest BCUT2D eigenvalue weighted by molar-refractivity contribution is 0.151. The first-order chi connectivity index (χ1) is 12.6. The summed E-state index contributed by atoms with van der Waals surface area (Å²) in [6, 6.07) is 0.554. The molecule has 2 aliphatic heterocycles. The number of rotatable bonds is 6.